The van der Waals surface area contributed by atoms with Crippen molar-refractivity contribution in [2.75, 3.05) is 11.5 Å². The second kappa shape index (κ2) is 6.17. The van der Waals surface area contributed by atoms with Crippen molar-refractivity contribution in [2.24, 2.45) is 0 Å². The fourth-order valence-electron chi connectivity index (χ4n) is 0.921. The third kappa shape index (κ3) is 4.44. The zero-order valence-corrected chi connectivity index (χ0v) is 9.44. The summed E-state index contributed by atoms with van der Waals surface area (Å²) in [6, 6.07) is 8.61. The van der Waals surface area contributed by atoms with Gasteiger partial charge < -0.3 is 0 Å². The summed E-state index contributed by atoms with van der Waals surface area (Å²) >= 11 is 5.95. The Bertz CT molecular complexity index is 262. The maximum Gasteiger partial charge on any atom is 0.0161 e. The van der Waals surface area contributed by atoms with Crippen molar-refractivity contribution in [1.29, 1.82) is 0 Å². The lowest BCUT2D eigenvalue weighted by atomic mass is 10.2. The van der Waals surface area contributed by atoms with E-state index < -0.39 is 0 Å². The Hall–Kier alpha value is -0.340. The second-order valence-electron chi connectivity index (χ2n) is 2.78. The van der Waals surface area contributed by atoms with Crippen LogP contribution in [0.5, 0.6) is 0 Å². The Kier molecular flexibility index (Phi) is 5.09. The summed E-state index contributed by atoms with van der Waals surface area (Å²) in [6.45, 7) is 2.11. The summed E-state index contributed by atoms with van der Waals surface area (Å²) in [6.07, 6.45) is 4.22. The Balaban J connectivity index is 2.37. The van der Waals surface area contributed by atoms with Crippen molar-refractivity contribution in [3.63, 3.8) is 0 Å². The largest absolute Gasteiger partial charge is 0.175 e. The van der Waals surface area contributed by atoms with E-state index >= 15 is 0 Å². The van der Waals surface area contributed by atoms with Crippen molar-refractivity contribution in [3.05, 3.63) is 42.0 Å². The van der Waals surface area contributed by atoms with Crippen LogP contribution in [0.25, 0.3) is 0 Å². The molecule has 2 heteroatoms. The maximum absolute atomic E-state index is 4.10. The van der Waals surface area contributed by atoms with Crippen LogP contribution in [0.15, 0.2) is 41.3 Å². The highest BCUT2D eigenvalue weighted by atomic mass is 32.2. The molecular weight excluding hydrogens is 196 g/mol. The Morgan fingerprint density at radius 1 is 1.23 bits per heavy atom. The molecule has 70 valence electrons. The minimum Gasteiger partial charge on any atom is -0.175 e. The molecule has 0 bridgehead atoms. The molecule has 0 saturated carbocycles. The predicted molar refractivity (Wildman–Crippen MR) is 64.9 cm³/mol. The van der Waals surface area contributed by atoms with Gasteiger partial charge in [-0.25, -0.2) is 0 Å². The molecule has 0 aromatic heterocycles. The van der Waals surface area contributed by atoms with Crippen LogP contribution < -0.4 is 0 Å². The third-order valence-corrected chi connectivity index (χ3v) is 2.81. The van der Waals surface area contributed by atoms with E-state index in [0.29, 0.717) is 0 Å². The van der Waals surface area contributed by atoms with Crippen molar-refractivity contribution in [2.45, 2.75) is 11.8 Å². The van der Waals surface area contributed by atoms with E-state index in [9.17, 15) is 0 Å². The fourth-order valence-corrected chi connectivity index (χ4v) is 1.82. The first-order valence-corrected chi connectivity index (χ1v) is 5.90. The van der Waals surface area contributed by atoms with Crippen LogP contribution in [-0.4, -0.2) is 11.5 Å². The highest BCUT2D eigenvalue weighted by molar-refractivity contribution is 7.99. The molecule has 0 aliphatic rings. The van der Waals surface area contributed by atoms with Gasteiger partial charge in [0, 0.05) is 16.4 Å². The Morgan fingerprint density at radius 2 is 1.92 bits per heavy atom. The van der Waals surface area contributed by atoms with Crippen molar-refractivity contribution >= 4 is 24.4 Å². The first kappa shape index (κ1) is 10.7. The summed E-state index contributed by atoms with van der Waals surface area (Å²) in [5.41, 5.74) is 1.32. The van der Waals surface area contributed by atoms with Gasteiger partial charge in [-0.05, 0) is 19.1 Å². The Labute approximate surface area is 89.8 Å². The first-order chi connectivity index (χ1) is 6.33. The molecule has 0 atom stereocenters. The number of aryl methyl sites for hydroxylation is 1. The molecule has 0 unspecified atom stereocenters. The number of thiol groups is 1. The molecule has 0 spiro atoms. The summed E-state index contributed by atoms with van der Waals surface area (Å²) in [5, 5.41) is 0. The van der Waals surface area contributed by atoms with E-state index in [0.717, 1.165) is 11.5 Å². The molecule has 0 saturated heterocycles. The van der Waals surface area contributed by atoms with E-state index in [4.69, 9.17) is 0 Å². The van der Waals surface area contributed by atoms with Gasteiger partial charge in [0.05, 0.1) is 0 Å². The number of hydrogen-bond acceptors (Lipinski definition) is 2. The molecule has 0 amide bonds. The van der Waals surface area contributed by atoms with E-state index in [2.05, 4.69) is 56.0 Å². The van der Waals surface area contributed by atoms with E-state index in [1.54, 1.807) is 0 Å². The van der Waals surface area contributed by atoms with Crippen molar-refractivity contribution in [1.82, 2.24) is 0 Å². The van der Waals surface area contributed by atoms with Gasteiger partial charge in [0.25, 0.3) is 0 Å². The molecule has 0 radical (unpaired) electrons. The molecule has 0 nitrogen and oxygen atoms in total. The number of hydrogen-bond donors (Lipinski definition) is 1. The minimum atomic E-state index is 0.828. The highest BCUT2D eigenvalue weighted by Crippen LogP contribution is 2.17. The molecule has 0 aliphatic heterocycles. The molecule has 1 rings (SSSR count). The quantitative estimate of drug-likeness (QED) is 0.450. The average Bonchev–Trinajstić information content (AvgIpc) is 2.15. The van der Waals surface area contributed by atoms with Gasteiger partial charge in [-0.2, -0.15) is 12.6 Å². The number of thioether (sulfide) groups is 1. The van der Waals surface area contributed by atoms with Crippen molar-refractivity contribution in [3.8, 4) is 0 Å². The van der Waals surface area contributed by atoms with E-state index in [1.807, 2.05) is 11.8 Å². The van der Waals surface area contributed by atoms with E-state index in [1.165, 1.54) is 10.5 Å². The van der Waals surface area contributed by atoms with Gasteiger partial charge in [-0.15, -0.1) is 11.8 Å². The van der Waals surface area contributed by atoms with Crippen LogP contribution in [0.4, 0.5) is 0 Å². The van der Waals surface area contributed by atoms with Gasteiger partial charge in [0.15, 0.2) is 0 Å². The van der Waals surface area contributed by atoms with Crippen LogP contribution in [0.3, 0.4) is 0 Å². The highest BCUT2D eigenvalue weighted by Gasteiger charge is 1.90. The average molecular weight is 210 g/mol. The monoisotopic (exact) mass is 210 g/mol. The van der Waals surface area contributed by atoms with Gasteiger partial charge in [-0.1, -0.05) is 29.8 Å². The second-order valence-corrected chi connectivity index (χ2v) is 4.24. The van der Waals surface area contributed by atoms with Crippen molar-refractivity contribution < 1.29 is 0 Å². The lowest BCUT2D eigenvalue weighted by molar-refractivity contribution is 1.38. The van der Waals surface area contributed by atoms with Crippen LogP contribution in [0.2, 0.25) is 0 Å². The Morgan fingerprint density at radius 3 is 2.54 bits per heavy atom. The summed E-state index contributed by atoms with van der Waals surface area (Å²) < 4.78 is 0. The minimum absolute atomic E-state index is 0.828. The number of benzene rings is 1. The molecule has 0 aliphatic carbocycles. The molecule has 1 aromatic carbocycles. The first-order valence-electron chi connectivity index (χ1n) is 4.28. The lowest BCUT2D eigenvalue weighted by Gasteiger charge is -1.98. The zero-order chi connectivity index (χ0) is 9.52. The van der Waals surface area contributed by atoms with Crippen LogP contribution in [0.1, 0.15) is 5.56 Å². The summed E-state index contributed by atoms with van der Waals surface area (Å²) in [4.78, 5) is 1.33. The van der Waals surface area contributed by atoms with Gasteiger partial charge >= 0.3 is 0 Å². The van der Waals surface area contributed by atoms with Crippen LogP contribution >= 0.6 is 24.4 Å². The molecular formula is C11H14S2. The molecule has 0 N–H and O–H groups in total. The lowest BCUT2D eigenvalue weighted by Crippen LogP contribution is -1.75. The topological polar surface area (TPSA) is 0 Å². The fraction of sp³-hybridized carbons (Fsp3) is 0.273. The standard InChI is InChI=1S/C11H14S2/c1-10-4-6-11(7-5-10)13-9-3-2-8-12/h2-7,12H,8-9H2,1H3. The van der Waals surface area contributed by atoms with Crippen LogP contribution in [-0.2, 0) is 0 Å². The molecule has 0 fully saturated rings. The van der Waals surface area contributed by atoms with Gasteiger partial charge in [0.2, 0.25) is 0 Å². The third-order valence-electron chi connectivity index (χ3n) is 1.64. The molecule has 0 heterocycles. The maximum atomic E-state index is 4.10. The predicted octanol–water partition coefficient (Wildman–Crippen LogP) is 3.57. The normalized spacial score (nSPS) is 10.9. The zero-order valence-electron chi connectivity index (χ0n) is 7.73. The smallest absolute Gasteiger partial charge is 0.0161 e. The van der Waals surface area contributed by atoms with Gasteiger partial charge in [-0.3, -0.25) is 0 Å². The van der Waals surface area contributed by atoms with Gasteiger partial charge in [0.1, 0.15) is 0 Å². The molecule has 13 heavy (non-hydrogen) atoms. The van der Waals surface area contributed by atoms with Crippen LogP contribution in [0, 0.1) is 6.92 Å². The summed E-state index contributed by atoms with van der Waals surface area (Å²) in [7, 11) is 0. The number of rotatable bonds is 4. The van der Waals surface area contributed by atoms with E-state index in [-0.39, 0.29) is 0 Å². The summed E-state index contributed by atoms with van der Waals surface area (Å²) in [5.74, 6) is 1.86. The SMILES string of the molecule is Cc1ccc(SCC=CCS)cc1. The molecule has 1 aromatic rings.